The average Bonchev–Trinajstić information content (AvgIpc) is 3.27. The maximum Gasteiger partial charge on any atom is 0.229 e. The molecule has 2 aromatic carbocycles. The maximum absolute atomic E-state index is 12.6. The highest BCUT2D eigenvalue weighted by molar-refractivity contribution is 9.10. The lowest BCUT2D eigenvalue weighted by molar-refractivity contribution is -0.118. The Kier molecular flexibility index (Phi) is 6.39. The first-order valence-corrected chi connectivity index (χ1v) is 11.6. The van der Waals surface area contributed by atoms with Crippen molar-refractivity contribution in [3.63, 3.8) is 0 Å². The van der Waals surface area contributed by atoms with Gasteiger partial charge in [0.25, 0.3) is 0 Å². The average molecular weight is 484 g/mol. The molecular weight excluding hydrogens is 462 g/mol. The molecule has 1 aromatic heterocycles. The van der Waals surface area contributed by atoms with Crippen molar-refractivity contribution in [3.8, 4) is 10.6 Å². The van der Waals surface area contributed by atoms with Crippen LogP contribution in [0.25, 0.3) is 10.6 Å². The van der Waals surface area contributed by atoms with Crippen LogP contribution in [0.4, 0.5) is 5.13 Å². The highest BCUT2D eigenvalue weighted by Crippen LogP contribution is 2.29. The Balaban J connectivity index is 1.37. The Morgan fingerprint density at radius 2 is 1.73 bits per heavy atom. The third kappa shape index (κ3) is 4.68. The standard InChI is InChI=1S/C23H22BrN3O2S/c1-27(23-26-25-22(30-23)16-8-10-19(24)11-9-16)21(29)13-12-20(28)18-7-6-15-4-2-3-5-17(15)14-18/h6-11,14H,2-5,12-13H2,1H3. The number of carbonyl (C=O) groups is 2. The number of halogens is 1. The van der Waals surface area contributed by atoms with Gasteiger partial charge < -0.3 is 0 Å². The molecule has 154 valence electrons. The van der Waals surface area contributed by atoms with Crippen molar-refractivity contribution in [1.29, 1.82) is 0 Å². The second-order valence-corrected chi connectivity index (χ2v) is 9.33. The number of benzene rings is 2. The van der Waals surface area contributed by atoms with E-state index in [0.717, 1.165) is 27.9 Å². The zero-order valence-electron chi connectivity index (χ0n) is 16.7. The van der Waals surface area contributed by atoms with E-state index in [2.05, 4.69) is 32.2 Å². The third-order valence-corrected chi connectivity index (χ3v) is 6.98. The molecular formula is C23H22BrN3O2S. The predicted octanol–water partition coefficient (Wildman–Crippen LogP) is 5.47. The fourth-order valence-corrected chi connectivity index (χ4v) is 4.70. The van der Waals surface area contributed by atoms with E-state index in [1.54, 1.807) is 7.05 Å². The first-order chi connectivity index (χ1) is 14.5. The monoisotopic (exact) mass is 483 g/mol. The van der Waals surface area contributed by atoms with Gasteiger partial charge in [0, 0.05) is 35.5 Å². The van der Waals surface area contributed by atoms with Gasteiger partial charge in [-0.05, 0) is 55.0 Å². The van der Waals surface area contributed by atoms with Crippen LogP contribution in [0.5, 0.6) is 0 Å². The lowest BCUT2D eigenvalue weighted by atomic mass is 9.89. The summed E-state index contributed by atoms with van der Waals surface area (Å²) in [6, 6.07) is 13.8. The van der Waals surface area contributed by atoms with E-state index in [1.807, 2.05) is 36.4 Å². The van der Waals surface area contributed by atoms with Crippen LogP contribution >= 0.6 is 27.3 Å². The van der Waals surface area contributed by atoms with Crippen LogP contribution in [0.15, 0.2) is 46.9 Å². The van der Waals surface area contributed by atoms with Crippen LogP contribution in [-0.4, -0.2) is 28.9 Å². The van der Waals surface area contributed by atoms with Gasteiger partial charge in [0.1, 0.15) is 5.01 Å². The van der Waals surface area contributed by atoms with Crippen molar-refractivity contribution in [2.45, 2.75) is 38.5 Å². The molecule has 5 nitrogen and oxygen atoms in total. The van der Waals surface area contributed by atoms with E-state index in [4.69, 9.17) is 0 Å². The Morgan fingerprint density at radius 3 is 2.50 bits per heavy atom. The molecule has 1 aliphatic rings. The normalized spacial score (nSPS) is 13.0. The number of amides is 1. The molecule has 0 fully saturated rings. The lowest BCUT2D eigenvalue weighted by Crippen LogP contribution is -2.26. The fraction of sp³-hybridized carbons (Fsp3) is 0.304. The molecule has 0 N–H and O–H groups in total. The number of fused-ring (bicyclic) bond motifs is 1. The fourth-order valence-electron chi connectivity index (χ4n) is 3.61. The first kappa shape index (κ1) is 20.9. The molecule has 1 heterocycles. The second-order valence-electron chi connectivity index (χ2n) is 7.46. The summed E-state index contributed by atoms with van der Waals surface area (Å²) in [4.78, 5) is 26.7. The van der Waals surface area contributed by atoms with Gasteiger partial charge in [0.15, 0.2) is 5.78 Å². The maximum atomic E-state index is 12.6. The zero-order valence-corrected chi connectivity index (χ0v) is 19.1. The molecule has 4 rings (SSSR count). The summed E-state index contributed by atoms with van der Waals surface area (Å²) in [5, 5.41) is 9.62. The third-order valence-electron chi connectivity index (χ3n) is 5.40. The molecule has 1 aliphatic carbocycles. The van der Waals surface area contributed by atoms with Crippen LogP contribution in [0.1, 0.15) is 47.2 Å². The number of aromatic nitrogens is 2. The van der Waals surface area contributed by atoms with Gasteiger partial charge in [-0.25, -0.2) is 0 Å². The van der Waals surface area contributed by atoms with Crippen LogP contribution in [-0.2, 0) is 17.6 Å². The summed E-state index contributed by atoms with van der Waals surface area (Å²) < 4.78 is 0.992. The van der Waals surface area contributed by atoms with Gasteiger partial charge in [-0.2, -0.15) is 0 Å². The molecule has 0 saturated heterocycles. The lowest BCUT2D eigenvalue weighted by Gasteiger charge is -2.16. The van der Waals surface area contributed by atoms with Gasteiger partial charge in [0.05, 0.1) is 0 Å². The van der Waals surface area contributed by atoms with Crippen molar-refractivity contribution in [1.82, 2.24) is 10.2 Å². The molecule has 30 heavy (non-hydrogen) atoms. The van der Waals surface area contributed by atoms with E-state index < -0.39 is 0 Å². The molecule has 0 atom stereocenters. The molecule has 0 radical (unpaired) electrons. The summed E-state index contributed by atoms with van der Waals surface area (Å²) >= 11 is 4.77. The molecule has 0 saturated carbocycles. The zero-order chi connectivity index (χ0) is 21.1. The largest absolute Gasteiger partial charge is 0.294 e. The van der Waals surface area contributed by atoms with Crippen LogP contribution in [0.3, 0.4) is 0 Å². The quantitative estimate of drug-likeness (QED) is 0.435. The van der Waals surface area contributed by atoms with E-state index in [9.17, 15) is 9.59 Å². The van der Waals surface area contributed by atoms with E-state index in [-0.39, 0.29) is 24.5 Å². The highest BCUT2D eigenvalue weighted by Gasteiger charge is 2.19. The number of rotatable bonds is 6. The number of carbonyl (C=O) groups excluding carboxylic acids is 2. The molecule has 0 spiro atoms. The number of Topliss-reactive ketones (excluding diaryl/α,β-unsaturated/α-hetero) is 1. The minimum absolute atomic E-state index is 0.0120. The van der Waals surface area contributed by atoms with Gasteiger partial charge in [-0.3, -0.25) is 14.5 Å². The molecule has 0 bridgehead atoms. The van der Waals surface area contributed by atoms with Crippen LogP contribution in [0, 0.1) is 0 Å². The first-order valence-electron chi connectivity index (χ1n) is 10.0. The van der Waals surface area contributed by atoms with Gasteiger partial charge >= 0.3 is 0 Å². The van der Waals surface area contributed by atoms with E-state index in [1.165, 1.54) is 40.2 Å². The van der Waals surface area contributed by atoms with Crippen molar-refractivity contribution in [3.05, 3.63) is 63.6 Å². The molecule has 1 amide bonds. The number of hydrogen-bond acceptors (Lipinski definition) is 5. The molecule has 7 heteroatoms. The van der Waals surface area contributed by atoms with Gasteiger partial charge in [-0.1, -0.05) is 51.5 Å². The second kappa shape index (κ2) is 9.18. The number of anilines is 1. The SMILES string of the molecule is CN(C(=O)CCC(=O)c1ccc2c(c1)CCCC2)c1nnc(-c2ccc(Br)cc2)s1. The topological polar surface area (TPSA) is 63.2 Å². The van der Waals surface area contributed by atoms with Crippen LogP contribution < -0.4 is 4.90 Å². The Morgan fingerprint density at radius 1 is 1.00 bits per heavy atom. The number of nitrogens with zero attached hydrogens (tertiary/aromatic N) is 3. The summed E-state index contributed by atoms with van der Waals surface area (Å²) in [5.41, 5.74) is 4.29. The Labute approximate surface area is 188 Å². The number of ketones is 1. The summed E-state index contributed by atoms with van der Waals surface area (Å²) in [6.07, 6.45) is 4.88. The highest BCUT2D eigenvalue weighted by atomic mass is 79.9. The van der Waals surface area contributed by atoms with Gasteiger partial charge in [0.2, 0.25) is 11.0 Å². The molecule has 3 aromatic rings. The number of aryl methyl sites for hydroxylation is 2. The Hall–Kier alpha value is -2.38. The summed E-state index contributed by atoms with van der Waals surface area (Å²) in [7, 11) is 1.68. The van der Waals surface area contributed by atoms with Crippen molar-refractivity contribution in [2.24, 2.45) is 0 Å². The minimum atomic E-state index is -0.139. The Bertz CT molecular complexity index is 1080. The predicted molar refractivity (Wildman–Crippen MR) is 123 cm³/mol. The van der Waals surface area contributed by atoms with Gasteiger partial charge in [-0.15, -0.1) is 10.2 Å². The van der Waals surface area contributed by atoms with Crippen molar-refractivity contribution in [2.75, 3.05) is 11.9 Å². The summed E-state index contributed by atoms with van der Waals surface area (Å²) in [6.45, 7) is 0. The number of hydrogen-bond donors (Lipinski definition) is 0. The molecule has 0 unspecified atom stereocenters. The van der Waals surface area contributed by atoms with Crippen molar-refractivity contribution >= 4 is 44.1 Å². The van der Waals surface area contributed by atoms with E-state index >= 15 is 0 Å². The minimum Gasteiger partial charge on any atom is -0.294 e. The summed E-state index contributed by atoms with van der Waals surface area (Å²) in [5.74, 6) is -0.127. The van der Waals surface area contributed by atoms with Crippen molar-refractivity contribution < 1.29 is 9.59 Å². The van der Waals surface area contributed by atoms with Crippen LogP contribution in [0.2, 0.25) is 0 Å². The smallest absolute Gasteiger partial charge is 0.229 e. The van der Waals surface area contributed by atoms with E-state index in [0.29, 0.717) is 10.7 Å². The molecule has 0 aliphatic heterocycles.